The molecule has 0 fully saturated rings. The van der Waals surface area contributed by atoms with E-state index in [0.717, 1.165) is 11.3 Å². The lowest BCUT2D eigenvalue weighted by Gasteiger charge is -2.20. The second-order valence-corrected chi connectivity index (χ2v) is 5.74. The number of furan rings is 1. The molecule has 6 heteroatoms. The average Bonchev–Trinajstić information content (AvgIpc) is 3.00. The molecule has 0 bridgehead atoms. The Kier molecular flexibility index (Phi) is 5.91. The Hall–Kier alpha value is -1.92. The van der Waals surface area contributed by atoms with E-state index in [1.807, 2.05) is 12.1 Å². The van der Waals surface area contributed by atoms with Gasteiger partial charge in [0, 0.05) is 6.54 Å². The first-order chi connectivity index (χ1) is 10.6. The van der Waals surface area contributed by atoms with Crippen LogP contribution in [0.2, 0.25) is 0 Å². The summed E-state index contributed by atoms with van der Waals surface area (Å²) in [6, 6.07) is 10.4. The van der Waals surface area contributed by atoms with Gasteiger partial charge in [-0.3, -0.25) is 0 Å². The standard InChI is InChI=1S/C16H20FN3OS/c1-20(2)14(15-4-3-9-21-15)11-19-16(22)18-10-12-5-7-13(17)8-6-12/h3-9,14H,10-11H2,1-2H3,(H2,18,19,22)/p+1/t14-/m0/s1. The van der Waals surface area contributed by atoms with Crippen LogP contribution >= 0.6 is 12.2 Å². The highest BCUT2D eigenvalue weighted by Crippen LogP contribution is 2.08. The first-order valence-electron chi connectivity index (χ1n) is 7.16. The minimum Gasteiger partial charge on any atom is -0.463 e. The zero-order valence-electron chi connectivity index (χ0n) is 12.7. The summed E-state index contributed by atoms with van der Waals surface area (Å²) >= 11 is 5.28. The zero-order chi connectivity index (χ0) is 15.9. The molecular formula is C16H21FN3OS+. The first-order valence-corrected chi connectivity index (χ1v) is 7.56. The summed E-state index contributed by atoms with van der Waals surface area (Å²) in [6.07, 6.45) is 1.68. The molecule has 1 heterocycles. The van der Waals surface area contributed by atoms with Crippen molar-refractivity contribution in [2.24, 2.45) is 0 Å². The van der Waals surface area contributed by atoms with Crippen LogP contribution < -0.4 is 15.5 Å². The van der Waals surface area contributed by atoms with Crippen molar-refractivity contribution in [3.05, 3.63) is 59.8 Å². The highest BCUT2D eigenvalue weighted by atomic mass is 32.1. The van der Waals surface area contributed by atoms with Crippen LogP contribution in [0.5, 0.6) is 0 Å². The maximum Gasteiger partial charge on any atom is 0.166 e. The molecule has 0 spiro atoms. The van der Waals surface area contributed by atoms with Crippen LogP contribution in [0.15, 0.2) is 47.1 Å². The Balaban J connectivity index is 1.80. The molecule has 0 saturated heterocycles. The van der Waals surface area contributed by atoms with Crippen molar-refractivity contribution in [3.8, 4) is 0 Å². The molecular weight excluding hydrogens is 301 g/mol. The minimum absolute atomic E-state index is 0.181. The van der Waals surface area contributed by atoms with Gasteiger partial charge in [-0.05, 0) is 42.0 Å². The normalized spacial score (nSPS) is 12.2. The predicted molar refractivity (Wildman–Crippen MR) is 88.1 cm³/mol. The maximum absolute atomic E-state index is 12.8. The fourth-order valence-corrected chi connectivity index (χ4v) is 2.28. The summed E-state index contributed by atoms with van der Waals surface area (Å²) in [4.78, 5) is 1.25. The number of thiocarbonyl (C=S) groups is 1. The van der Waals surface area contributed by atoms with Crippen LogP contribution in [0.1, 0.15) is 17.4 Å². The molecule has 2 aromatic rings. The van der Waals surface area contributed by atoms with E-state index in [9.17, 15) is 4.39 Å². The Morgan fingerprint density at radius 3 is 2.55 bits per heavy atom. The van der Waals surface area contributed by atoms with Crippen molar-refractivity contribution in [2.75, 3.05) is 20.6 Å². The number of nitrogens with one attached hydrogen (secondary N) is 3. The molecule has 0 unspecified atom stereocenters. The molecule has 0 radical (unpaired) electrons. The van der Waals surface area contributed by atoms with Crippen molar-refractivity contribution in [1.82, 2.24) is 10.6 Å². The fraction of sp³-hybridized carbons (Fsp3) is 0.312. The Morgan fingerprint density at radius 1 is 1.23 bits per heavy atom. The topological polar surface area (TPSA) is 41.6 Å². The summed E-state index contributed by atoms with van der Waals surface area (Å²) < 4.78 is 18.3. The molecule has 1 atom stereocenters. The van der Waals surface area contributed by atoms with E-state index in [0.29, 0.717) is 18.2 Å². The highest BCUT2D eigenvalue weighted by molar-refractivity contribution is 7.80. The number of likely N-dealkylation sites (N-methyl/N-ethyl adjacent to an activating group) is 1. The van der Waals surface area contributed by atoms with E-state index in [1.54, 1.807) is 18.4 Å². The van der Waals surface area contributed by atoms with E-state index in [1.165, 1.54) is 17.0 Å². The lowest BCUT2D eigenvalue weighted by molar-refractivity contribution is -0.891. The van der Waals surface area contributed by atoms with Crippen molar-refractivity contribution >= 4 is 17.3 Å². The van der Waals surface area contributed by atoms with Gasteiger partial charge in [-0.25, -0.2) is 4.39 Å². The molecule has 0 amide bonds. The van der Waals surface area contributed by atoms with Crippen LogP contribution in [-0.2, 0) is 6.54 Å². The second-order valence-electron chi connectivity index (χ2n) is 5.34. The van der Waals surface area contributed by atoms with Gasteiger partial charge >= 0.3 is 0 Å². The van der Waals surface area contributed by atoms with Crippen molar-refractivity contribution < 1.29 is 13.7 Å². The quantitative estimate of drug-likeness (QED) is 0.701. The third-order valence-corrected chi connectivity index (χ3v) is 3.71. The predicted octanol–water partition coefficient (Wildman–Crippen LogP) is 1.27. The molecule has 0 aliphatic rings. The zero-order valence-corrected chi connectivity index (χ0v) is 13.5. The molecule has 0 saturated carbocycles. The monoisotopic (exact) mass is 322 g/mol. The molecule has 4 nitrogen and oxygen atoms in total. The summed E-state index contributed by atoms with van der Waals surface area (Å²) in [7, 11) is 4.15. The summed E-state index contributed by atoms with van der Waals surface area (Å²) in [5.41, 5.74) is 0.978. The van der Waals surface area contributed by atoms with E-state index in [4.69, 9.17) is 16.6 Å². The number of hydrogen-bond acceptors (Lipinski definition) is 2. The van der Waals surface area contributed by atoms with Gasteiger partial charge in [0.25, 0.3) is 0 Å². The molecule has 1 aromatic carbocycles. The van der Waals surface area contributed by atoms with Gasteiger partial charge in [0.1, 0.15) is 5.82 Å². The van der Waals surface area contributed by atoms with Gasteiger partial charge in [0.15, 0.2) is 16.9 Å². The number of rotatable bonds is 6. The minimum atomic E-state index is -0.236. The van der Waals surface area contributed by atoms with Gasteiger partial charge in [-0.2, -0.15) is 0 Å². The molecule has 1 aromatic heterocycles. The molecule has 0 aliphatic heterocycles. The van der Waals surface area contributed by atoms with Crippen molar-refractivity contribution in [2.45, 2.75) is 12.6 Å². The van der Waals surface area contributed by atoms with Crippen LogP contribution in [0, 0.1) is 5.82 Å². The number of halogens is 1. The molecule has 22 heavy (non-hydrogen) atoms. The van der Waals surface area contributed by atoms with Gasteiger partial charge in [-0.1, -0.05) is 12.1 Å². The van der Waals surface area contributed by atoms with Crippen LogP contribution in [0.3, 0.4) is 0 Å². The van der Waals surface area contributed by atoms with Gasteiger partial charge in [0.05, 0.1) is 26.9 Å². The molecule has 2 rings (SSSR count). The lowest BCUT2D eigenvalue weighted by atomic mass is 10.2. The molecule has 3 N–H and O–H groups in total. The fourth-order valence-electron chi connectivity index (χ4n) is 2.12. The van der Waals surface area contributed by atoms with E-state index < -0.39 is 0 Å². The van der Waals surface area contributed by atoms with Crippen molar-refractivity contribution in [3.63, 3.8) is 0 Å². The third kappa shape index (κ3) is 4.82. The van der Waals surface area contributed by atoms with Gasteiger partial charge < -0.3 is 20.0 Å². The van der Waals surface area contributed by atoms with Crippen LogP contribution in [0.4, 0.5) is 4.39 Å². The number of benzene rings is 1. The highest BCUT2D eigenvalue weighted by Gasteiger charge is 2.20. The molecule has 0 aliphatic carbocycles. The largest absolute Gasteiger partial charge is 0.463 e. The van der Waals surface area contributed by atoms with Crippen LogP contribution in [-0.4, -0.2) is 25.8 Å². The maximum atomic E-state index is 12.8. The molecule has 118 valence electrons. The number of hydrogen-bond donors (Lipinski definition) is 3. The van der Waals surface area contributed by atoms with E-state index in [-0.39, 0.29) is 11.9 Å². The number of quaternary nitrogens is 1. The average molecular weight is 322 g/mol. The summed E-state index contributed by atoms with van der Waals surface area (Å²) in [6.45, 7) is 1.23. The summed E-state index contributed by atoms with van der Waals surface area (Å²) in [5.74, 6) is 0.688. The smallest absolute Gasteiger partial charge is 0.166 e. The van der Waals surface area contributed by atoms with Crippen molar-refractivity contribution in [1.29, 1.82) is 0 Å². The lowest BCUT2D eigenvalue weighted by Crippen LogP contribution is -3.07. The third-order valence-electron chi connectivity index (χ3n) is 3.42. The van der Waals surface area contributed by atoms with E-state index in [2.05, 4.69) is 24.7 Å². The van der Waals surface area contributed by atoms with Gasteiger partial charge in [-0.15, -0.1) is 0 Å². The first kappa shape index (κ1) is 16.5. The van der Waals surface area contributed by atoms with Crippen LogP contribution in [0.25, 0.3) is 0 Å². The Labute approximate surface area is 135 Å². The van der Waals surface area contributed by atoms with Gasteiger partial charge in [0.2, 0.25) is 0 Å². The van der Waals surface area contributed by atoms with E-state index >= 15 is 0 Å². The summed E-state index contributed by atoms with van der Waals surface area (Å²) in [5, 5.41) is 6.89. The Bertz CT molecular complexity index is 584. The SMILES string of the molecule is C[NH+](C)[C@@H](CNC(=S)NCc1ccc(F)cc1)c1ccco1. The Morgan fingerprint density at radius 2 is 1.95 bits per heavy atom. The second kappa shape index (κ2) is 7.91.